The van der Waals surface area contributed by atoms with Gasteiger partial charge in [0.15, 0.2) is 0 Å². The molecule has 0 amide bonds. The van der Waals surface area contributed by atoms with Crippen LogP contribution in [0.4, 0.5) is 0 Å². The molecule has 0 aliphatic carbocycles. The van der Waals surface area contributed by atoms with Crippen molar-refractivity contribution in [2.75, 3.05) is 34.4 Å². The van der Waals surface area contributed by atoms with Crippen molar-refractivity contribution in [1.29, 1.82) is 0 Å². The number of hydrogen-bond donors (Lipinski definition) is 0. The third kappa shape index (κ3) is 4.86. The van der Waals surface area contributed by atoms with Crippen molar-refractivity contribution in [3.05, 3.63) is 77.9 Å². The highest BCUT2D eigenvalue weighted by Gasteiger charge is 2.12. The van der Waals surface area contributed by atoms with Crippen LogP contribution in [-0.4, -0.2) is 45.0 Å². The van der Waals surface area contributed by atoms with Gasteiger partial charge in [-0.2, -0.15) is 0 Å². The van der Waals surface area contributed by atoms with Crippen LogP contribution in [0.3, 0.4) is 0 Å². The molecule has 0 radical (unpaired) electrons. The summed E-state index contributed by atoms with van der Waals surface area (Å²) < 4.78 is 5.28. The molecular formula is C23H26N2O2. The summed E-state index contributed by atoms with van der Waals surface area (Å²) >= 11 is 0. The monoisotopic (exact) mass is 362 g/mol. The molecule has 3 rings (SSSR count). The Morgan fingerprint density at radius 3 is 2.41 bits per heavy atom. The van der Waals surface area contributed by atoms with E-state index in [1.807, 2.05) is 30.3 Å². The van der Waals surface area contributed by atoms with Gasteiger partial charge < -0.3 is 14.5 Å². The Hall–Kier alpha value is -2.85. The first-order valence-corrected chi connectivity index (χ1v) is 9.16. The molecule has 27 heavy (non-hydrogen) atoms. The highest BCUT2D eigenvalue weighted by atomic mass is 16.6. The van der Waals surface area contributed by atoms with Gasteiger partial charge in [0.05, 0.1) is 7.11 Å². The lowest BCUT2D eigenvalue weighted by Crippen LogP contribution is -2.14. The number of benzene rings is 3. The Balaban J connectivity index is 1.95. The summed E-state index contributed by atoms with van der Waals surface area (Å²) in [6, 6.07) is 22.5. The van der Waals surface area contributed by atoms with E-state index < -0.39 is 0 Å². The molecule has 140 valence electrons. The molecule has 0 spiro atoms. The smallest absolute Gasteiger partial charge is 0.118 e. The Morgan fingerprint density at radius 2 is 1.67 bits per heavy atom. The molecule has 0 N–H and O–H groups in total. The molecule has 4 nitrogen and oxygen atoms in total. The molecule has 0 aliphatic heterocycles. The molecular weight excluding hydrogens is 336 g/mol. The Kier molecular flexibility index (Phi) is 6.44. The fraction of sp³-hybridized carbons (Fsp3) is 0.261. The average molecular weight is 362 g/mol. The van der Waals surface area contributed by atoms with Crippen LogP contribution in [0.1, 0.15) is 17.5 Å². The number of fused-ring (bicyclic) bond motifs is 1. The first-order valence-electron chi connectivity index (χ1n) is 9.16. The van der Waals surface area contributed by atoms with Crippen molar-refractivity contribution in [2.24, 2.45) is 5.16 Å². The fourth-order valence-electron chi connectivity index (χ4n) is 2.99. The number of rotatable bonds is 8. The molecule has 0 fully saturated rings. The first-order chi connectivity index (χ1) is 13.2. The van der Waals surface area contributed by atoms with E-state index in [1.165, 1.54) is 5.39 Å². The van der Waals surface area contributed by atoms with Crippen LogP contribution in [0.25, 0.3) is 10.8 Å². The highest BCUT2D eigenvalue weighted by Crippen LogP contribution is 2.23. The quantitative estimate of drug-likeness (QED) is 0.334. The Bertz CT molecular complexity index is 896. The van der Waals surface area contributed by atoms with Gasteiger partial charge in [-0.3, -0.25) is 0 Å². The molecule has 0 saturated heterocycles. The van der Waals surface area contributed by atoms with Crippen molar-refractivity contribution in [3.8, 4) is 5.75 Å². The molecule has 0 bridgehead atoms. The zero-order valence-corrected chi connectivity index (χ0v) is 16.2. The first kappa shape index (κ1) is 18.9. The SMILES string of the molecule is COc1ccc(/C(=N/OCCCN(C)C)c2cccc3ccccc23)cc1. The Labute approximate surface area is 161 Å². The van der Waals surface area contributed by atoms with Crippen molar-refractivity contribution in [1.82, 2.24) is 4.90 Å². The van der Waals surface area contributed by atoms with E-state index in [9.17, 15) is 0 Å². The third-order valence-electron chi connectivity index (χ3n) is 4.41. The molecule has 0 heterocycles. The molecule has 3 aromatic rings. The molecule has 0 unspecified atom stereocenters. The lowest BCUT2D eigenvalue weighted by molar-refractivity contribution is 0.135. The third-order valence-corrected chi connectivity index (χ3v) is 4.41. The van der Waals surface area contributed by atoms with Crippen molar-refractivity contribution < 1.29 is 9.57 Å². The van der Waals surface area contributed by atoms with Gasteiger partial charge in [0, 0.05) is 17.7 Å². The summed E-state index contributed by atoms with van der Waals surface area (Å²) in [5, 5.41) is 6.87. The van der Waals surface area contributed by atoms with Crippen LogP contribution in [-0.2, 0) is 4.84 Å². The van der Waals surface area contributed by atoms with E-state index in [4.69, 9.17) is 9.57 Å². The minimum atomic E-state index is 0.586. The van der Waals surface area contributed by atoms with Gasteiger partial charge in [0.2, 0.25) is 0 Å². The number of oxime groups is 1. The molecule has 0 aliphatic rings. The van der Waals surface area contributed by atoms with Gasteiger partial charge in [-0.25, -0.2) is 0 Å². The minimum Gasteiger partial charge on any atom is -0.497 e. The van der Waals surface area contributed by atoms with Gasteiger partial charge in [0.1, 0.15) is 18.1 Å². The van der Waals surface area contributed by atoms with Gasteiger partial charge >= 0.3 is 0 Å². The van der Waals surface area contributed by atoms with E-state index in [-0.39, 0.29) is 0 Å². The minimum absolute atomic E-state index is 0.586. The molecule has 0 aromatic heterocycles. The average Bonchev–Trinajstić information content (AvgIpc) is 2.70. The highest BCUT2D eigenvalue weighted by molar-refractivity contribution is 6.19. The van der Waals surface area contributed by atoms with E-state index in [2.05, 4.69) is 60.5 Å². The van der Waals surface area contributed by atoms with E-state index in [1.54, 1.807) is 7.11 Å². The largest absolute Gasteiger partial charge is 0.497 e. The van der Waals surface area contributed by atoms with Crippen LogP contribution in [0.2, 0.25) is 0 Å². The van der Waals surface area contributed by atoms with Crippen molar-refractivity contribution >= 4 is 16.5 Å². The van der Waals surface area contributed by atoms with Crippen LogP contribution in [0.15, 0.2) is 71.9 Å². The van der Waals surface area contributed by atoms with Crippen LogP contribution in [0, 0.1) is 0 Å². The molecule has 0 saturated carbocycles. The summed E-state index contributed by atoms with van der Waals surface area (Å²) in [5.74, 6) is 0.822. The predicted molar refractivity (Wildman–Crippen MR) is 112 cm³/mol. The fourth-order valence-corrected chi connectivity index (χ4v) is 2.99. The number of methoxy groups -OCH3 is 1. The second-order valence-electron chi connectivity index (χ2n) is 6.69. The Morgan fingerprint density at radius 1 is 0.926 bits per heavy atom. The summed E-state index contributed by atoms with van der Waals surface area (Å²) in [4.78, 5) is 7.83. The maximum Gasteiger partial charge on any atom is 0.118 e. The normalized spacial score (nSPS) is 11.8. The zero-order valence-electron chi connectivity index (χ0n) is 16.2. The molecule has 0 atom stereocenters. The van der Waals surface area contributed by atoms with E-state index in [0.29, 0.717) is 6.61 Å². The van der Waals surface area contributed by atoms with Crippen molar-refractivity contribution in [3.63, 3.8) is 0 Å². The standard InChI is InChI=1S/C23H26N2O2/c1-25(2)16-7-17-27-24-23(19-12-14-20(26-3)15-13-19)22-11-6-9-18-8-4-5-10-21(18)22/h4-6,8-15H,7,16-17H2,1-3H3/b24-23-. The lowest BCUT2D eigenvalue weighted by Gasteiger charge is -2.12. The van der Waals surface area contributed by atoms with Crippen LogP contribution < -0.4 is 4.74 Å². The summed E-state index contributed by atoms with van der Waals surface area (Å²) in [6.07, 6.45) is 0.932. The lowest BCUT2D eigenvalue weighted by atomic mass is 9.96. The maximum atomic E-state index is 5.69. The summed E-state index contributed by atoms with van der Waals surface area (Å²) in [5.41, 5.74) is 2.89. The van der Waals surface area contributed by atoms with Crippen molar-refractivity contribution in [2.45, 2.75) is 6.42 Å². The summed E-state index contributed by atoms with van der Waals surface area (Å²) in [7, 11) is 5.78. The van der Waals surface area contributed by atoms with E-state index >= 15 is 0 Å². The van der Waals surface area contributed by atoms with E-state index in [0.717, 1.165) is 40.9 Å². The number of nitrogens with zero attached hydrogens (tertiary/aromatic N) is 2. The predicted octanol–water partition coefficient (Wildman–Crippen LogP) is 4.57. The second kappa shape index (κ2) is 9.19. The molecule has 3 aromatic carbocycles. The molecule has 4 heteroatoms. The van der Waals surface area contributed by atoms with Crippen LogP contribution >= 0.6 is 0 Å². The van der Waals surface area contributed by atoms with Crippen LogP contribution in [0.5, 0.6) is 5.75 Å². The number of ether oxygens (including phenoxy) is 1. The van der Waals surface area contributed by atoms with Gasteiger partial charge in [-0.05, 0) is 55.6 Å². The summed E-state index contributed by atoms with van der Waals surface area (Å²) in [6.45, 7) is 1.56. The number of hydrogen-bond acceptors (Lipinski definition) is 4. The van der Waals surface area contributed by atoms with Gasteiger partial charge in [-0.1, -0.05) is 47.6 Å². The maximum absolute atomic E-state index is 5.69. The zero-order chi connectivity index (χ0) is 19.1. The topological polar surface area (TPSA) is 34.1 Å². The van der Waals surface area contributed by atoms with Gasteiger partial charge in [0.25, 0.3) is 0 Å². The van der Waals surface area contributed by atoms with Gasteiger partial charge in [-0.15, -0.1) is 0 Å². The second-order valence-corrected chi connectivity index (χ2v) is 6.69.